The molecule has 4 amide bonds. The number of carbonyl (C=O) groups is 2. The minimum atomic E-state index is -0.627. The molecule has 2 heterocycles. The van der Waals surface area contributed by atoms with Gasteiger partial charge in [-0.1, -0.05) is 24.3 Å². The molecule has 0 fully saturated rings. The lowest BCUT2D eigenvalue weighted by Crippen LogP contribution is -2.47. The molecule has 0 aliphatic heterocycles. The van der Waals surface area contributed by atoms with Gasteiger partial charge in [-0.2, -0.15) is 0 Å². The van der Waals surface area contributed by atoms with Crippen molar-refractivity contribution >= 4 is 12.1 Å². The van der Waals surface area contributed by atoms with Crippen molar-refractivity contribution in [1.82, 2.24) is 31.2 Å². The summed E-state index contributed by atoms with van der Waals surface area (Å²) in [5.41, 5.74) is 2.54. The number of benzene rings is 1. The predicted molar refractivity (Wildman–Crippen MR) is 132 cm³/mol. The molecule has 1 aromatic carbocycles. The Morgan fingerprint density at radius 1 is 0.676 bits per heavy atom. The second kappa shape index (κ2) is 10.8. The van der Waals surface area contributed by atoms with Crippen LogP contribution in [0.2, 0.25) is 0 Å². The van der Waals surface area contributed by atoms with Crippen LogP contribution >= 0.6 is 0 Å². The molecule has 0 saturated carbocycles. The fourth-order valence-electron chi connectivity index (χ4n) is 3.46. The van der Waals surface area contributed by atoms with Gasteiger partial charge in [0.2, 0.25) is 0 Å². The van der Waals surface area contributed by atoms with Crippen LogP contribution in [-0.2, 0) is 24.2 Å². The van der Waals surface area contributed by atoms with Crippen molar-refractivity contribution in [2.24, 2.45) is 0 Å². The summed E-state index contributed by atoms with van der Waals surface area (Å²) >= 11 is 0. The SMILES string of the molecule is CC(C)(NC(=O)NCc1ccncc1)c1cccc(C(C)(C)NC(=O)NCc2ccncc2)c1. The van der Waals surface area contributed by atoms with Gasteiger partial charge in [-0.05, 0) is 74.2 Å². The highest BCUT2D eigenvalue weighted by atomic mass is 16.2. The van der Waals surface area contributed by atoms with E-state index in [2.05, 4.69) is 31.2 Å². The molecule has 0 radical (unpaired) electrons. The van der Waals surface area contributed by atoms with Crippen molar-refractivity contribution in [1.29, 1.82) is 0 Å². The summed E-state index contributed by atoms with van der Waals surface area (Å²) in [6.07, 6.45) is 6.78. The Kier molecular flexibility index (Phi) is 7.83. The van der Waals surface area contributed by atoms with Gasteiger partial charge in [0.15, 0.2) is 0 Å². The Morgan fingerprint density at radius 3 is 1.44 bits per heavy atom. The van der Waals surface area contributed by atoms with Gasteiger partial charge in [0.25, 0.3) is 0 Å². The summed E-state index contributed by atoms with van der Waals surface area (Å²) in [5, 5.41) is 11.8. The maximum Gasteiger partial charge on any atom is 0.315 e. The van der Waals surface area contributed by atoms with Crippen molar-refractivity contribution in [3.8, 4) is 0 Å². The molecule has 3 aromatic rings. The van der Waals surface area contributed by atoms with Gasteiger partial charge in [0, 0.05) is 37.9 Å². The van der Waals surface area contributed by atoms with E-state index in [9.17, 15) is 9.59 Å². The second-order valence-electron chi connectivity index (χ2n) is 9.16. The highest BCUT2D eigenvalue weighted by molar-refractivity contribution is 5.75. The first kappa shape index (κ1) is 24.7. The van der Waals surface area contributed by atoms with E-state index in [-0.39, 0.29) is 12.1 Å². The molecule has 8 nitrogen and oxygen atoms in total. The zero-order chi connectivity index (χ0) is 24.6. The third-order valence-electron chi connectivity index (χ3n) is 5.56. The van der Waals surface area contributed by atoms with E-state index in [4.69, 9.17) is 0 Å². The zero-order valence-electron chi connectivity index (χ0n) is 20.1. The molecule has 0 aliphatic rings. The highest BCUT2D eigenvalue weighted by Crippen LogP contribution is 2.26. The number of aromatic nitrogens is 2. The van der Waals surface area contributed by atoms with Crippen LogP contribution in [0.15, 0.2) is 73.3 Å². The van der Waals surface area contributed by atoms with E-state index in [1.165, 1.54) is 0 Å². The Hall–Kier alpha value is -3.94. The average Bonchev–Trinajstić information content (AvgIpc) is 2.82. The number of amides is 4. The first-order chi connectivity index (χ1) is 16.2. The largest absolute Gasteiger partial charge is 0.334 e. The van der Waals surface area contributed by atoms with Crippen molar-refractivity contribution in [2.75, 3.05) is 0 Å². The molecule has 0 saturated heterocycles. The molecule has 0 atom stereocenters. The maximum atomic E-state index is 12.5. The third kappa shape index (κ3) is 7.03. The summed E-state index contributed by atoms with van der Waals surface area (Å²) in [5.74, 6) is 0. The Balaban J connectivity index is 1.61. The van der Waals surface area contributed by atoms with E-state index < -0.39 is 11.1 Å². The Labute approximate surface area is 200 Å². The summed E-state index contributed by atoms with van der Waals surface area (Å²) in [6, 6.07) is 14.8. The number of urea groups is 2. The number of nitrogens with one attached hydrogen (secondary N) is 4. The van der Waals surface area contributed by atoms with Gasteiger partial charge >= 0.3 is 12.1 Å². The molecular formula is C26H32N6O2. The minimum Gasteiger partial charge on any atom is -0.334 e. The molecule has 3 rings (SSSR count). The van der Waals surface area contributed by atoms with Gasteiger partial charge in [-0.15, -0.1) is 0 Å². The molecule has 34 heavy (non-hydrogen) atoms. The van der Waals surface area contributed by atoms with Crippen LogP contribution in [0, 0.1) is 0 Å². The molecule has 0 bridgehead atoms. The molecule has 0 aliphatic carbocycles. The topological polar surface area (TPSA) is 108 Å². The van der Waals surface area contributed by atoms with E-state index in [1.54, 1.807) is 24.8 Å². The van der Waals surface area contributed by atoms with E-state index in [0.717, 1.165) is 22.3 Å². The van der Waals surface area contributed by atoms with Crippen molar-refractivity contribution in [3.05, 3.63) is 95.6 Å². The minimum absolute atomic E-state index is 0.264. The zero-order valence-corrected chi connectivity index (χ0v) is 20.1. The lowest BCUT2D eigenvalue weighted by Gasteiger charge is -2.31. The van der Waals surface area contributed by atoms with Gasteiger partial charge in [0.05, 0.1) is 11.1 Å². The normalized spacial score (nSPS) is 11.4. The standard InChI is InChI=1S/C26H32N6O2/c1-25(2,31-23(33)29-17-19-8-12-27-13-9-19)21-6-5-7-22(16-21)26(3,4)32-24(34)30-18-20-10-14-28-15-11-20/h5-16H,17-18H2,1-4H3,(H2,29,31,33)(H2,30,32,34). The number of hydrogen-bond donors (Lipinski definition) is 4. The molecular weight excluding hydrogens is 428 g/mol. The predicted octanol–water partition coefficient (Wildman–Crippen LogP) is 3.95. The lowest BCUT2D eigenvalue weighted by atomic mass is 9.87. The van der Waals surface area contributed by atoms with E-state index in [0.29, 0.717) is 13.1 Å². The molecule has 0 unspecified atom stereocenters. The fourth-order valence-corrected chi connectivity index (χ4v) is 3.46. The van der Waals surface area contributed by atoms with Crippen LogP contribution in [0.5, 0.6) is 0 Å². The summed E-state index contributed by atoms with van der Waals surface area (Å²) in [7, 11) is 0. The fraction of sp³-hybridized carbons (Fsp3) is 0.308. The van der Waals surface area contributed by atoms with Crippen LogP contribution in [0.3, 0.4) is 0 Å². The molecule has 178 valence electrons. The number of pyridine rings is 2. The van der Waals surface area contributed by atoms with Gasteiger partial charge in [0.1, 0.15) is 0 Å². The van der Waals surface area contributed by atoms with Gasteiger partial charge in [-0.25, -0.2) is 9.59 Å². The van der Waals surface area contributed by atoms with Crippen LogP contribution in [0.1, 0.15) is 49.9 Å². The highest BCUT2D eigenvalue weighted by Gasteiger charge is 2.27. The first-order valence-corrected chi connectivity index (χ1v) is 11.2. The van der Waals surface area contributed by atoms with E-state index >= 15 is 0 Å². The third-order valence-corrected chi connectivity index (χ3v) is 5.56. The number of hydrogen-bond acceptors (Lipinski definition) is 4. The number of nitrogens with zero attached hydrogens (tertiary/aromatic N) is 2. The monoisotopic (exact) mass is 460 g/mol. The quantitative estimate of drug-likeness (QED) is 0.408. The molecule has 2 aromatic heterocycles. The molecule has 4 N–H and O–H groups in total. The van der Waals surface area contributed by atoms with Crippen molar-refractivity contribution in [3.63, 3.8) is 0 Å². The average molecular weight is 461 g/mol. The van der Waals surface area contributed by atoms with Crippen molar-refractivity contribution in [2.45, 2.75) is 51.9 Å². The Bertz CT molecular complexity index is 1020. The van der Waals surface area contributed by atoms with Crippen LogP contribution in [0.25, 0.3) is 0 Å². The number of carbonyl (C=O) groups excluding carboxylic acids is 2. The Morgan fingerprint density at radius 2 is 1.06 bits per heavy atom. The molecule has 8 heteroatoms. The first-order valence-electron chi connectivity index (χ1n) is 11.2. The number of rotatable bonds is 8. The maximum absolute atomic E-state index is 12.5. The van der Waals surface area contributed by atoms with Crippen LogP contribution in [-0.4, -0.2) is 22.0 Å². The van der Waals surface area contributed by atoms with Crippen LogP contribution in [0.4, 0.5) is 9.59 Å². The lowest BCUT2D eigenvalue weighted by molar-refractivity contribution is 0.229. The van der Waals surface area contributed by atoms with Gasteiger partial charge in [-0.3, -0.25) is 9.97 Å². The second-order valence-corrected chi connectivity index (χ2v) is 9.16. The van der Waals surface area contributed by atoms with Gasteiger partial charge < -0.3 is 21.3 Å². The van der Waals surface area contributed by atoms with Crippen LogP contribution < -0.4 is 21.3 Å². The van der Waals surface area contributed by atoms with E-state index in [1.807, 2.05) is 76.2 Å². The summed E-state index contributed by atoms with van der Waals surface area (Å²) in [4.78, 5) is 33.0. The van der Waals surface area contributed by atoms with Crippen molar-refractivity contribution < 1.29 is 9.59 Å². The smallest absolute Gasteiger partial charge is 0.315 e. The molecule has 0 spiro atoms. The summed E-state index contributed by atoms with van der Waals surface area (Å²) in [6.45, 7) is 8.60. The summed E-state index contributed by atoms with van der Waals surface area (Å²) < 4.78 is 0.